The van der Waals surface area contributed by atoms with E-state index in [1.807, 2.05) is 6.07 Å². The first kappa shape index (κ1) is 10.4. The molecule has 0 aliphatic carbocycles. The average molecular weight is 218 g/mol. The van der Waals surface area contributed by atoms with Crippen LogP contribution in [0, 0.1) is 11.3 Å². The van der Waals surface area contributed by atoms with Crippen molar-refractivity contribution in [1.29, 1.82) is 5.26 Å². The first-order chi connectivity index (χ1) is 7.79. The lowest BCUT2D eigenvalue weighted by molar-refractivity contribution is 0.318. The lowest BCUT2D eigenvalue weighted by atomic mass is 10.4. The third-order valence-electron chi connectivity index (χ3n) is 1.94. The summed E-state index contributed by atoms with van der Waals surface area (Å²) in [6, 6.07) is 5.54. The van der Waals surface area contributed by atoms with Gasteiger partial charge in [-0.2, -0.15) is 5.26 Å². The standard InChI is InChI=1S/C10H10N4O2/c1-14(5-4-11)7-9-12-13-10(16-9)8-3-2-6-15-8/h2-3,6H,5,7H2,1H3. The Morgan fingerprint density at radius 3 is 3.06 bits per heavy atom. The molecule has 0 saturated carbocycles. The fourth-order valence-corrected chi connectivity index (χ4v) is 1.22. The van der Waals surface area contributed by atoms with Gasteiger partial charge in [-0.05, 0) is 19.2 Å². The molecule has 6 nitrogen and oxygen atoms in total. The van der Waals surface area contributed by atoms with Crippen LogP contribution in [0.4, 0.5) is 0 Å². The summed E-state index contributed by atoms with van der Waals surface area (Å²) in [6.45, 7) is 0.764. The van der Waals surface area contributed by atoms with Crippen molar-refractivity contribution in [3.8, 4) is 17.7 Å². The number of hydrogen-bond acceptors (Lipinski definition) is 6. The number of furan rings is 1. The molecule has 0 aromatic carbocycles. The number of nitrogens with zero attached hydrogens (tertiary/aromatic N) is 4. The molecule has 0 aliphatic heterocycles. The van der Waals surface area contributed by atoms with E-state index in [2.05, 4.69) is 10.2 Å². The van der Waals surface area contributed by atoms with E-state index in [1.165, 1.54) is 0 Å². The predicted molar refractivity (Wildman–Crippen MR) is 53.9 cm³/mol. The first-order valence-corrected chi connectivity index (χ1v) is 4.71. The minimum atomic E-state index is 0.318. The van der Waals surface area contributed by atoms with Crippen molar-refractivity contribution < 1.29 is 8.83 Å². The van der Waals surface area contributed by atoms with Crippen LogP contribution < -0.4 is 0 Å². The maximum Gasteiger partial charge on any atom is 0.283 e. The normalized spacial score (nSPS) is 10.6. The van der Waals surface area contributed by atoms with Gasteiger partial charge < -0.3 is 8.83 Å². The zero-order valence-corrected chi connectivity index (χ0v) is 8.75. The van der Waals surface area contributed by atoms with E-state index in [0.29, 0.717) is 30.6 Å². The van der Waals surface area contributed by atoms with Gasteiger partial charge in [0.15, 0.2) is 5.76 Å². The molecule has 2 rings (SSSR count). The van der Waals surface area contributed by atoms with Gasteiger partial charge in [0.05, 0.1) is 25.4 Å². The van der Waals surface area contributed by atoms with Crippen LogP contribution in [0.5, 0.6) is 0 Å². The molecule has 0 fully saturated rings. The fourth-order valence-electron chi connectivity index (χ4n) is 1.22. The summed E-state index contributed by atoms with van der Waals surface area (Å²) < 4.78 is 10.5. The fraction of sp³-hybridized carbons (Fsp3) is 0.300. The van der Waals surface area contributed by atoms with Gasteiger partial charge in [-0.25, -0.2) is 0 Å². The van der Waals surface area contributed by atoms with Gasteiger partial charge in [0, 0.05) is 0 Å². The topological polar surface area (TPSA) is 79.1 Å². The lowest BCUT2D eigenvalue weighted by Gasteiger charge is -2.07. The number of aromatic nitrogens is 2. The molecule has 0 atom stereocenters. The SMILES string of the molecule is CN(CC#N)Cc1nnc(-c2ccco2)o1. The second-order valence-corrected chi connectivity index (χ2v) is 3.31. The Labute approximate surface area is 92.1 Å². The van der Waals surface area contributed by atoms with E-state index in [-0.39, 0.29) is 0 Å². The van der Waals surface area contributed by atoms with Crippen LogP contribution in [0.3, 0.4) is 0 Å². The summed E-state index contributed by atoms with van der Waals surface area (Å²) in [5.74, 6) is 1.36. The van der Waals surface area contributed by atoms with Crippen LogP contribution in [0.1, 0.15) is 5.89 Å². The number of rotatable bonds is 4. The van der Waals surface area contributed by atoms with E-state index < -0.39 is 0 Å². The summed E-state index contributed by atoms with van der Waals surface area (Å²) in [7, 11) is 1.81. The molecule has 0 aliphatic rings. The quantitative estimate of drug-likeness (QED) is 0.719. The third-order valence-corrected chi connectivity index (χ3v) is 1.94. The average Bonchev–Trinajstić information content (AvgIpc) is 2.86. The Morgan fingerprint density at radius 2 is 2.38 bits per heavy atom. The number of hydrogen-bond donors (Lipinski definition) is 0. The Morgan fingerprint density at radius 1 is 1.50 bits per heavy atom. The molecular weight excluding hydrogens is 208 g/mol. The zero-order chi connectivity index (χ0) is 11.4. The molecule has 16 heavy (non-hydrogen) atoms. The lowest BCUT2D eigenvalue weighted by Crippen LogP contribution is -2.17. The molecular formula is C10H10N4O2. The van der Waals surface area contributed by atoms with Gasteiger partial charge in [-0.1, -0.05) is 0 Å². The van der Waals surface area contributed by atoms with Crippen molar-refractivity contribution in [2.45, 2.75) is 6.54 Å². The summed E-state index contributed by atoms with van der Waals surface area (Å²) in [5, 5.41) is 16.2. The van der Waals surface area contributed by atoms with Crippen molar-refractivity contribution in [2.24, 2.45) is 0 Å². The van der Waals surface area contributed by atoms with Gasteiger partial charge in [0.25, 0.3) is 5.89 Å². The van der Waals surface area contributed by atoms with Crippen molar-refractivity contribution in [3.63, 3.8) is 0 Å². The van der Waals surface area contributed by atoms with Gasteiger partial charge >= 0.3 is 0 Å². The van der Waals surface area contributed by atoms with Crippen molar-refractivity contribution in [3.05, 3.63) is 24.3 Å². The molecule has 0 saturated heterocycles. The molecule has 2 heterocycles. The number of nitriles is 1. The van der Waals surface area contributed by atoms with Crippen molar-refractivity contribution >= 4 is 0 Å². The second-order valence-electron chi connectivity index (χ2n) is 3.31. The van der Waals surface area contributed by atoms with Crippen molar-refractivity contribution in [1.82, 2.24) is 15.1 Å². The minimum absolute atomic E-state index is 0.318. The van der Waals surface area contributed by atoms with E-state index in [9.17, 15) is 0 Å². The monoisotopic (exact) mass is 218 g/mol. The van der Waals surface area contributed by atoms with Crippen LogP contribution >= 0.6 is 0 Å². The first-order valence-electron chi connectivity index (χ1n) is 4.71. The highest BCUT2D eigenvalue weighted by atomic mass is 16.4. The Bertz CT molecular complexity index is 483. The molecule has 2 aromatic rings. The van der Waals surface area contributed by atoms with E-state index in [1.54, 1.807) is 30.3 Å². The molecule has 2 aromatic heterocycles. The maximum absolute atomic E-state index is 8.50. The van der Waals surface area contributed by atoms with Crippen molar-refractivity contribution in [2.75, 3.05) is 13.6 Å². The Balaban J connectivity index is 2.06. The zero-order valence-electron chi connectivity index (χ0n) is 8.75. The molecule has 82 valence electrons. The Hall–Kier alpha value is -2.13. The van der Waals surface area contributed by atoms with Gasteiger partial charge in [0.2, 0.25) is 5.89 Å². The maximum atomic E-state index is 8.50. The van der Waals surface area contributed by atoms with Crippen LogP contribution in [0.2, 0.25) is 0 Å². The molecule has 0 radical (unpaired) electrons. The molecule has 0 N–H and O–H groups in total. The van der Waals surface area contributed by atoms with Gasteiger partial charge in [-0.3, -0.25) is 4.90 Å². The highest BCUT2D eigenvalue weighted by Crippen LogP contribution is 2.18. The minimum Gasteiger partial charge on any atom is -0.459 e. The smallest absolute Gasteiger partial charge is 0.283 e. The summed E-state index contributed by atoms with van der Waals surface area (Å²) >= 11 is 0. The second kappa shape index (κ2) is 4.59. The molecule has 0 bridgehead atoms. The highest BCUT2D eigenvalue weighted by Gasteiger charge is 2.11. The van der Waals surface area contributed by atoms with Crippen LogP contribution in [0.25, 0.3) is 11.7 Å². The van der Waals surface area contributed by atoms with Crippen LogP contribution in [0.15, 0.2) is 27.2 Å². The van der Waals surface area contributed by atoms with Crippen LogP contribution in [-0.2, 0) is 6.54 Å². The van der Waals surface area contributed by atoms with Gasteiger partial charge in [-0.15, -0.1) is 10.2 Å². The summed E-state index contributed by atoms with van der Waals surface area (Å²) in [4.78, 5) is 1.78. The highest BCUT2D eigenvalue weighted by molar-refractivity contribution is 5.42. The van der Waals surface area contributed by atoms with E-state index >= 15 is 0 Å². The third kappa shape index (κ3) is 2.27. The van der Waals surface area contributed by atoms with E-state index in [4.69, 9.17) is 14.1 Å². The summed E-state index contributed by atoms with van der Waals surface area (Å²) in [6.07, 6.45) is 1.54. The van der Waals surface area contributed by atoms with E-state index in [0.717, 1.165) is 0 Å². The molecule has 0 spiro atoms. The van der Waals surface area contributed by atoms with Crippen LogP contribution in [-0.4, -0.2) is 28.7 Å². The molecule has 0 unspecified atom stereocenters. The largest absolute Gasteiger partial charge is 0.459 e. The predicted octanol–water partition coefficient (Wildman–Crippen LogP) is 1.28. The molecule has 0 amide bonds. The Kier molecular flexibility index (Phi) is 2.98. The molecule has 6 heteroatoms. The van der Waals surface area contributed by atoms with Gasteiger partial charge in [0.1, 0.15) is 0 Å². The summed E-state index contributed by atoms with van der Waals surface area (Å²) in [5.41, 5.74) is 0.